The van der Waals surface area contributed by atoms with Crippen molar-refractivity contribution in [3.63, 3.8) is 0 Å². The van der Waals surface area contributed by atoms with Crippen molar-refractivity contribution in [1.29, 1.82) is 0 Å². The van der Waals surface area contributed by atoms with Crippen LogP contribution in [-0.4, -0.2) is 30.6 Å². The lowest BCUT2D eigenvalue weighted by atomic mass is 9.97. The number of halogens is 1. The predicted molar refractivity (Wildman–Crippen MR) is 92.9 cm³/mol. The van der Waals surface area contributed by atoms with Crippen LogP contribution in [0.25, 0.3) is 0 Å². The summed E-state index contributed by atoms with van der Waals surface area (Å²) in [5.41, 5.74) is 1.47. The van der Waals surface area contributed by atoms with Gasteiger partial charge in [0.1, 0.15) is 0 Å². The average Bonchev–Trinajstić information content (AvgIpc) is 3.30. The van der Waals surface area contributed by atoms with Crippen molar-refractivity contribution in [1.82, 2.24) is 10.2 Å². The zero-order valence-corrected chi connectivity index (χ0v) is 14.5. The molecule has 1 aliphatic heterocycles. The lowest BCUT2D eigenvalue weighted by Gasteiger charge is -2.34. The number of nitrogens with zero attached hydrogens (tertiary/aromatic N) is 1. The Bertz CT molecular complexity index is 421. The van der Waals surface area contributed by atoms with E-state index in [1.54, 1.807) is 0 Å². The minimum atomic E-state index is 0.557. The Kier molecular flexibility index (Phi) is 5.00. The summed E-state index contributed by atoms with van der Waals surface area (Å²) in [5, 5.41) is 3.56. The molecule has 1 aromatic carbocycles. The first-order valence-corrected chi connectivity index (χ1v) is 9.04. The molecule has 2 nitrogen and oxygen atoms in total. The van der Waals surface area contributed by atoms with Crippen LogP contribution in [0.1, 0.15) is 44.2 Å². The van der Waals surface area contributed by atoms with Gasteiger partial charge in [-0.25, -0.2) is 0 Å². The SMILES string of the molecule is CC(c1ccc(I)cc1)N(CC1CCCNC1)C1CC1. The van der Waals surface area contributed by atoms with Crippen LogP contribution in [0.5, 0.6) is 0 Å². The van der Waals surface area contributed by atoms with Crippen LogP contribution in [0, 0.1) is 9.49 Å². The fourth-order valence-corrected chi connectivity index (χ4v) is 3.70. The van der Waals surface area contributed by atoms with E-state index in [1.165, 1.54) is 54.5 Å². The molecule has 0 radical (unpaired) electrons. The summed E-state index contributed by atoms with van der Waals surface area (Å²) >= 11 is 2.39. The second kappa shape index (κ2) is 6.75. The molecule has 1 N–H and O–H groups in total. The maximum Gasteiger partial charge on any atom is 0.0322 e. The maximum absolute atomic E-state index is 3.56. The third-order valence-corrected chi connectivity index (χ3v) is 5.45. The van der Waals surface area contributed by atoms with Gasteiger partial charge in [-0.15, -0.1) is 0 Å². The number of hydrogen-bond donors (Lipinski definition) is 1. The summed E-state index contributed by atoms with van der Waals surface area (Å²) in [7, 11) is 0. The molecule has 1 saturated carbocycles. The molecule has 2 aliphatic rings. The molecular weight excluding hydrogens is 359 g/mol. The number of benzene rings is 1. The van der Waals surface area contributed by atoms with Gasteiger partial charge in [-0.1, -0.05) is 12.1 Å². The number of rotatable bonds is 5. The van der Waals surface area contributed by atoms with Crippen molar-refractivity contribution >= 4 is 22.6 Å². The zero-order valence-electron chi connectivity index (χ0n) is 12.3. The molecule has 1 heterocycles. The summed E-state index contributed by atoms with van der Waals surface area (Å²) in [6.07, 6.45) is 5.54. The molecule has 0 spiro atoms. The lowest BCUT2D eigenvalue weighted by Crippen LogP contribution is -2.40. The minimum Gasteiger partial charge on any atom is -0.316 e. The first-order chi connectivity index (χ1) is 9.74. The van der Waals surface area contributed by atoms with Crippen molar-refractivity contribution in [3.05, 3.63) is 33.4 Å². The molecule has 110 valence electrons. The summed E-state index contributed by atoms with van der Waals surface area (Å²) in [6, 6.07) is 10.5. The van der Waals surface area contributed by atoms with Crippen molar-refractivity contribution < 1.29 is 0 Å². The monoisotopic (exact) mass is 384 g/mol. The molecule has 1 aromatic rings. The molecule has 20 heavy (non-hydrogen) atoms. The molecule has 0 aromatic heterocycles. The highest BCUT2D eigenvalue weighted by atomic mass is 127. The molecule has 3 rings (SSSR count). The van der Waals surface area contributed by atoms with E-state index in [9.17, 15) is 0 Å². The Labute approximate surface area is 136 Å². The molecular formula is C17H25IN2. The quantitative estimate of drug-likeness (QED) is 0.777. The minimum absolute atomic E-state index is 0.557. The van der Waals surface area contributed by atoms with Crippen molar-refractivity contribution in [2.24, 2.45) is 5.92 Å². The molecule has 2 fully saturated rings. The van der Waals surface area contributed by atoms with Gasteiger partial charge in [0.05, 0.1) is 0 Å². The first-order valence-electron chi connectivity index (χ1n) is 7.96. The van der Waals surface area contributed by atoms with Gasteiger partial charge in [0.25, 0.3) is 0 Å². The van der Waals surface area contributed by atoms with E-state index in [-0.39, 0.29) is 0 Å². The Morgan fingerprint density at radius 1 is 1.25 bits per heavy atom. The van der Waals surface area contributed by atoms with Crippen molar-refractivity contribution in [2.75, 3.05) is 19.6 Å². The van der Waals surface area contributed by atoms with E-state index in [1.807, 2.05) is 0 Å². The van der Waals surface area contributed by atoms with E-state index in [0.717, 1.165) is 12.0 Å². The van der Waals surface area contributed by atoms with Gasteiger partial charge in [0, 0.05) is 22.2 Å². The Morgan fingerprint density at radius 3 is 2.60 bits per heavy atom. The molecule has 1 aliphatic carbocycles. The van der Waals surface area contributed by atoms with E-state index in [4.69, 9.17) is 0 Å². The Morgan fingerprint density at radius 2 is 2.00 bits per heavy atom. The standard InChI is InChI=1S/C17H25IN2/c1-13(15-4-6-16(18)7-5-15)20(17-8-9-17)12-14-3-2-10-19-11-14/h4-7,13-14,17,19H,2-3,8-12H2,1H3. The number of hydrogen-bond acceptors (Lipinski definition) is 2. The van der Waals surface area contributed by atoms with Crippen LogP contribution in [0.4, 0.5) is 0 Å². The average molecular weight is 384 g/mol. The van der Waals surface area contributed by atoms with Crippen molar-refractivity contribution in [2.45, 2.75) is 44.7 Å². The van der Waals surface area contributed by atoms with Crippen LogP contribution < -0.4 is 5.32 Å². The molecule has 0 amide bonds. The van der Waals surface area contributed by atoms with Gasteiger partial charge in [-0.05, 0) is 91.9 Å². The fraction of sp³-hybridized carbons (Fsp3) is 0.647. The molecule has 0 bridgehead atoms. The van der Waals surface area contributed by atoms with E-state index < -0.39 is 0 Å². The second-order valence-electron chi connectivity index (χ2n) is 6.37. The smallest absolute Gasteiger partial charge is 0.0322 e. The van der Waals surface area contributed by atoms with Gasteiger partial charge in [0.2, 0.25) is 0 Å². The summed E-state index contributed by atoms with van der Waals surface area (Å²) in [6.45, 7) is 6.08. The van der Waals surface area contributed by atoms with Crippen LogP contribution in [0.2, 0.25) is 0 Å². The molecule has 1 saturated heterocycles. The van der Waals surface area contributed by atoms with Gasteiger partial charge < -0.3 is 5.32 Å². The normalized spacial score (nSPS) is 24.9. The van der Waals surface area contributed by atoms with E-state index >= 15 is 0 Å². The molecule has 2 unspecified atom stereocenters. The first kappa shape index (κ1) is 14.8. The fourth-order valence-electron chi connectivity index (χ4n) is 3.34. The predicted octanol–water partition coefficient (Wildman–Crippen LogP) is 3.82. The van der Waals surface area contributed by atoms with Gasteiger partial charge >= 0.3 is 0 Å². The largest absolute Gasteiger partial charge is 0.316 e. The zero-order chi connectivity index (χ0) is 13.9. The summed E-state index contributed by atoms with van der Waals surface area (Å²) in [4.78, 5) is 2.76. The van der Waals surface area contributed by atoms with Gasteiger partial charge in [0.15, 0.2) is 0 Å². The summed E-state index contributed by atoms with van der Waals surface area (Å²) < 4.78 is 1.33. The Balaban J connectivity index is 1.67. The number of piperidine rings is 1. The lowest BCUT2D eigenvalue weighted by molar-refractivity contribution is 0.154. The van der Waals surface area contributed by atoms with Crippen LogP contribution in [0.3, 0.4) is 0 Å². The second-order valence-corrected chi connectivity index (χ2v) is 7.61. The topological polar surface area (TPSA) is 15.3 Å². The van der Waals surface area contributed by atoms with Gasteiger partial charge in [-0.2, -0.15) is 0 Å². The summed E-state index contributed by atoms with van der Waals surface area (Å²) in [5.74, 6) is 0.843. The highest BCUT2D eigenvalue weighted by Gasteiger charge is 2.34. The molecule has 3 heteroatoms. The van der Waals surface area contributed by atoms with Crippen LogP contribution in [0.15, 0.2) is 24.3 Å². The molecule has 2 atom stereocenters. The van der Waals surface area contributed by atoms with E-state index in [2.05, 4.69) is 64.0 Å². The van der Waals surface area contributed by atoms with Crippen LogP contribution >= 0.6 is 22.6 Å². The third-order valence-electron chi connectivity index (χ3n) is 4.73. The van der Waals surface area contributed by atoms with Crippen molar-refractivity contribution in [3.8, 4) is 0 Å². The third kappa shape index (κ3) is 3.74. The highest BCUT2D eigenvalue weighted by Crippen LogP contribution is 2.35. The van der Waals surface area contributed by atoms with Gasteiger partial charge in [-0.3, -0.25) is 4.90 Å². The number of nitrogens with one attached hydrogen (secondary N) is 1. The maximum atomic E-state index is 3.56. The highest BCUT2D eigenvalue weighted by molar-refractivity contribution is 14.1. The van der Waals surface area contributed by atoms with Crippen LogP contribution in [-0.2, 0) is 0 Å². The Hall–Kier alpha value is -0.130. The van der Waals surface area contributed by atoms with E-state index in [0.29, 0.717) is 6.04 Å².